The fourth-order valence-electron chi connectivity index (χ4n) is 2.37. The first kappa shape index (κ1) is 11.0. The molecule has 0 saturated carbocycles. The lowest BCUT2D eigenvalue weighted by Crippen LogP contribution is -2.21. The molecule has 0 aliphatic carbocycles. The van der Waals surface area contributed by atoms with Crippen molar-refractivity contribution < 1.29 is 0 Å². The number of benzene rings is 1. The molecule has 2 N–H and O–H groups in total. The first-order chi connectivity index (χ1) is 7.31. The van der Waals surface area contributed by atoms with Crippen molar-refractivity contribution in [3.05, 3.63) is 35.4 Å². The minimum Gasteiger partial charge on any atom is -0.330 e. The van der Waals surface area contributed by atoms with Gasteiger partial charge in [0.1, 0.15) is 0 Å². The monoisotopic (exact) mass is 221 g/mol. The molecule has 0 aromatic heterocycles. The Balaban J connectivity index is 2.18. The Kier molecular flexibility index (Phi) is 3.71. The van der Waals surface area contributed by atoms with Crippen LogP contribution in [0.4, 0.5) is 0 Å². The number of nitrogens with two attached hydrogens (primary N) is 1. The van der Waals surface area contributed by atoms with E-state index >= 15 is 0 Å². The van der Waals surface area contributed by atoms with Gasteiger partial charge in [-0.1, -0.05) is 29.8 Å². The molecule has 1 aromatic carbocycles. The highest BCUT2D eigenvalue weighted by Crippen LogP contribution is 2.35. The molecule has 1 aliphatic rings. The molecular weight excluding hydrogens is 202 g/mol. The molecule has 1 aromatic rings. The average Bonchev–Trinajstić information content (AvgIpc) is 2.72. The SMILES string of the molecule is Cc1cccc(C(CN)C2CCSC2)c1. The van der Waals surface area contributed by atoms with Gasteiger partial charge in [0.2, 0.25) is 0 Å². The first-order valence-electron chi connectivity index (χ1n) is 5.65. The van der Waals surface area contributed by atoms with Crippen molar-refractivity contribution in [3.63, 3.8) is 0 Å². The minimum atomic E-state index is 0.569. The predicted octanol–water partition coefficient (Wildman–Crippen LogP) is 2.79. The lowest BCUT2D eigenvalue weighted by molar-refractivity contribution is 0.476. The van der Waals surface area contributed by atoms with Crippen molar-refractivity contribution in [2.24, 2.45) is 11.7 Å². The Labute approximate surface area is 96.4 Å². The largest absolute Gasteiger partial charge is 0.330 e. The fraction of sp³-hybridized carbons (Fsp3) is 0.538. The van der Waals surface area contributed by atoms with Gasteiger partial charge in [0.15, 0.2) is 0 Å². The molecule has 82 valence electrons. The predicted molar refractivity (Wildman–Crippen MR) is 68.4 cm³/mol. The summed E-state index contributed by atoms with van der Waals surface area (Å²) in [5.74, 6) is 3.96. The first-order valence-corrected chi connectivity index (χ1v) is 6.81. The third kappa shape index (κ3) is 2.56. The van der Waals surface area contributed by atoms with Crippen LogP contribution in [0, 0.1) is 12.8 Å². The molecule has 0 spiro atoms. The third-order valence-electron chi connectivity index (χ3n) is 3.26. The Bertz CT molecular complexity index is 318. The standard InChI is InChI=1S/C13H19NS/c1-10-3-2-4-11(7-10)13(8-14)12-5-6-15-9-12/h2-4,7,12-13H,5-6,8-9,14H2,1H3. The molecule has 2 atom stereocenters. The third-order valence-corrected chi connectivity index (χ3v) is 4.45. The van der Waals surface area contributed by atoms with Crippen molar-refractivity contribution in [3.8, 4) is 0 Å². The van der Waals surface area contributed by atoms with Gasteiger partial charge in [0, 0.05) is 0 Å². The van der Waals surface area contributed by atoms with Crippen molar-refractivity contribution in [1.82, 2.24) is 0 Å². The molecule has 2 unspecified atom stereocenters. The van der Waals surface area contributed by atoms with Crippen molar-refractivity contribution in [2.45, 2.75) is 19.3 Å². The smallest absolute Gasteiger partial charge is 0.000229 e. The quantitative estimate of drug-likeness (QED) is 0.849. The van der Waals surface area contributed by atoms with Crippen molar-refractivity contribution in [1.29, 1.82) is 0 Å². The van der Waals surface area contributed by atoms with E-state index in [-0.39, 0.29) is 0 Å². The molecular formula is C13H19NS. The maximum absolute atomic E-state index is 5.93. The van der Waals surface area contributed by atoms with E-state index in [1.807, 2.05) is 0 Å². The molecule has 1 fully saturated rings. The van der Waals surface area contributed by atoms with Gasteiger partial charge in [0.25, 0.3) is 0 Å². The van der Waals surface area contributed by atoms with Gasteiger partial charge in [-0.25, -0.2) is 0 Å². The number of thioether (sulfide) groups is 1. The Morgan fingerprint density at radius 3 is 3.00 bits per heavy atom. The zero-order chi connectivity index (χ0) is 10.7. The summed E-state index contributed by atoms with van der Waals surface area (Å²) in [7, 11) is 0. The van der Waals surface area contributed by atoms with Crippen LogP contribution in [-0.2, 0) is 0 Å². The lowest BCUT2D eigenvalue weighted by atomic mass is 9.85. The van der Waals surface area contributed by atoms with Gasteiger partial charge in [0.05, 0.1) is 0 Å². The highest BCUT2D eigenvalue weighted by atomic mass is 32.2. The fourth-order valence-corrected chi connectivity index (χ4v) is 3.71. The van der Waals surface area contributed by atoms with Gasteiger partial charge in [-0.2, -0.15) is 11.8 Å². The summed E-state index contributed by atoms with van der Waals surface area (Å²) < 4.78 is 0. The van der Waals surface area contributed by atoms with E-state index in [2.05, 4.69) is 43.0 Å². The molecule has 2 heteroatoms. The van der Waals surface area contributed by atoms with Gasteiger partial charge in [-0.15, -0.1) is 0 Å². The second-order valence-electron chi connectivity index (χ2n) is 4.38. The molecule has 1 saturated heterocycles. The van der Waals surface area contributed by atoms with E-state index in [1.54, 1.807) is 0 Å². The molecule has 1 heterocycles. The highest BCUT2D eigenvalue weighted by Gasteiger charge is 2.25. The number of hydrogen-bond donors (Lipinski definition) is 1. The van der Waals surface area contributed by atoms with E-state index in [9.17, 15) is 0 Å². The molecule has 1 aliphatic heterocycles. The van der Waals surface area contributed by atoms with Crippen LogP contribution < -0.4 is 5.73 Å². The number of aryl methyl sites for hydroxylation is 1. The number of rotatable bonds is 3. The van der Waals surface area contributed by atoms with Crippen LogP contribution in [0.1, 0.15) is 23.5 Å². The topological polar surface area (TPSA) is 26.0 Å². The summed E-state index contributed by atoms with van der Waals surface area (Å²) in [5, 5.41) is 0. The molecule has 0 bridgehead atoms. The van der Waals surface area contributed by atoms with Crippen LogP contribution in [0.3, 0.4) is 0 Å². The van der Waals surface area contributed by atoms with Crippen LogP contribution in [0.25, 0.3) is 0 Å². The van der Waals surface area contributed by atoms with E-state index in [4.69, 9.17) is 5.73 Å². The van der Waals surface area contributed by atoms with Crippen LogP contribution in [0.15, 0.2) is 24.3 Å². The summed E-state index contributed by atoms with van der Waals surface area (Å²) in [4.78, 5) is 0. The van der Waals surface area contributed by atoms with Crippen LogP contribution in [0.2, 0.25) is 0 Å². The summed E-state index contributed by atoms with van der Waals surface area (Å²) in [6, 6.07) is 8.82. The Morgan fingerprint density at radius 1 is 1.53 bits per heavy atom. The zero-order valence-electron chi connectivity index (χ0n) is 9.28. The van der Waals surface area contributed by atoms with E-state index in [1.165, 1.54) is 29.1 Å². The van der Waals surface area contributed by atoms with Crippen molar-refractivity contribution in [2.75, 3.05) is 18.1 Å². The lowest BCUT2D eigenvalue weighted by Gasteiger charge is -2.22. The maximum atomic E-state index is 5.93. The minimum absolute atomic E-state index is 0.569. The van der Waals surface area contributed by atoms with Gasteiger partial charge in [-0.3, -0.25) is 0 Å². The van der Waals surface area contributed by atoms with Crippen LogP contribution in [0.5, 0.6) is 0 Å². The van der Waals surface area contributed by atoms with Crippen LogP contribution >= 0.6 is 11.8 Å². The zero-order valence-corrected chi connectivity index (χ0v) is 10.1. The summed E-state index contributed by atoms with van der Waals surface area (Å²) >= 11 is 2.07. The maximum Gasteiger partial charge on any atom is -0.000229 e. The molecule has 15 heavy (non-hydrogen) atoms. The average molecular weight is 221 g/mol. The van der Waals surface area contributed by atoms with Crippen molar-refractivity contribution >= 4 is 11.8 Å². The van der Waals surface area contributed by atoms with E-state index < -0.39 is 0 Å². The second kappa shape index (κ2) is 5.04. The molecule has 1 nitrogen and oxygen atoms in total. The summed E-state index contributed by atoms with van der Waals surface area (Å²) in [6.07, 6.45) is 1.33. The second-order valence-corrected chi connectivity index (χ2v) is 5.53. The molecule has 0 radical (unpaired) electrons. The van der Waals surface area contributed by atoms with Gasteiger partial charge in [-0.05, 0) is 48.8 Å². The van der Waals surface area contributed by atoms with Gasteiger partial charge < -0.3 is 5.73 Å². The summed E-state index contributed by atoms with van der Waals surface area (Å²) in [5.41, 5.74) is 8.70. The van der Waals surface area contributed by atoms with E-state index in [0.717, 1.165) is 12.5 Å². The Hall–Kier alpha value is -0.470. The highest BCUT2D eigenvalue weighted by molar-refractivity contribution is 7.99. The summed E-state index contributed by atoms with van der Waals surface area (Å²) in [6.45, 7) is 2.94. The van der Waals surface area contributed by atoms with Crippen LogP contribution in [-0.4, -0.2) is 18.1 Å². The molecule has 0 amide bonds. The van der Waals surface area contributed by atoms with E-state index in [0.29, 0.717) is 5.92 Å². The van der Waals surface area contributed by atoms with Gasteiger partial charge >= 0.3 is 0 Å². The normalized spacial score (nSPS) is 22.9. The Morgan fingerprint density at radius 2 is 2.40 bits per heavy atom. The number of hydrogen-bond acceptors (Lipinski definition) is 2. The molecule has 2 rings (SSSR count).